The zero-order valence-electron chi connectivity index (χ0n) is 55.3. The first kappa shape index (κ1) is 63.9. The van der Waals surface area contributed by atoms with Gasteiger partial charge in [-0.15, -0.1) is 0 Å². The van der Waals surface area contributed by atoms with Crippen molar-refractivity contribution in [3.63, 3.8) is 0 Å². The molecule has 18 nitrogen and oxygen atoms in total. The lowest BCUT2D eigenvalue weighted by molar-refractivity contribution is 0.0206. The van der Waals surface area contributed by atoms with Crippen molar-refractivity contribution in [2.45, 2.75) is 193 Å². The van der Waals surface area contributed by atoms with Gasteiger partial charge in [-0.2, -0.15) is 0 Å². The van der Waals surface area contributed by atoms with Crippen molar-refractivity contribution < 1.29 is 19.7 Å². The molecule has 4 saturated heterocycles. The Morgan fingerprint density at radius 1 is 0.581 bits per heavy atom. The molecule has 3 N–H and O–H groups in total. The number of anilines is 2. The Kier molecular flexibility index (Phi) is 18.7. The highest BCUT2D eigenvalue weighted by Crippen LogP contribution is 2.41. The Morgan fingerprint density at radius 3 is 1.54 bits per heavy atom. The molecular formula is C75H92N12O6. The Balaban J connectivity index is 0.000000171. The predicted molar refractivity (Wildman–Crippen MR) is 365 cm³/mol. The van der Waals surface area contributed by atoms with Crippen molar-refractivity contribution in [1.29, 1.82) is 0 Å². The molecule has 488 valence electrons. The molecule has 1 amide bonds. The van der Waals surface area contributed by atoms with Crippen LogP contribution in [0.25, 0.3) is 21.8 Å². The molecule has 2 aliphatic carbocycles. The van der Waals surface area contributed by atoms with Gasteiger partial charge in [0.2, 0.25) is 0 Å². The predicted octanol–water partition coefficient (Wildman–Crippen LogP) is 11.3. The summed E-state index contributed by atoms with van der Waals surface area (Å²) in [5.74, 6) is 0. The van der Waals surface area contributed by atoms with E-state index < -0.39 is 17.8 Å². The van der Waals surface area contributed by atoms with Crippen LogP contribution in [0.4, 0.5) is 16.2 Å². The third kappa shape index (κ3) is 15.1. The summed E-state index contributed by atoms with van der Waals surface area (Å²) < 4.78 is 10.3. The molecule has 2 unspecified atom stereocenters. The summed E-state index contributed by atoms with van der Waals surface area (Å²) in [6.45, 7) is 20.9. The number of aliphatic hydroxyl groups is 2. The number of likely N-dealkylation sites (tertiary alicyclic amines) is 1. The number of carbonyl (C=O) groups excluding carboxylic acids is 1. The molecule has 2 aromatic carbocycles. The molecule has 93 heavy (non-hydrogen) atoms. The summed E-state index contributed by atoms with van der Waals surface area (Å²) in [7, 11) is 0. The van der Waals surface area contributed by atoms with Gasteiger partial charge in [0.05, 0.1) is 59.6 Å². The lowest BCUT2D eigenvalue weighted by atomic mass is 9.99. The highest BCUT2D eigenvalue weighted by Gasteiger charge is 2.39. The summed E-state index contributed by atoms with van der Waals surface area (Å²) in [5, 5.41) is 25.6. The maximum atomic E-state index is 14.4. The number of benzene rings is 2. The Bertz CT molecular complexity index is 4100. The molecule has 8 aromatic rings. The number of aryl methyl sites for hydroxylation is 4. The molecular weight excluding hydrogens is 1160 g/mol. The number of nitrogens with zero attached hydrogens (tertiary/aromatic N) is 11. The molecule has 2 saturated carbocycles. The smallest absolute Gasteiger partial charge is 0.410 e. The molecule has 0 spiro atoms. The summed E-state index contributed by atoms with van der Waals surface area (Å²) in [4.78, 5) is 71.1. The Morgan fingerprint density at radius 2 is 1.09 bits per heavy atom. The van der Waals surface area contributed by atoms with Crippen molar-refractivity contribution in [3.8, 4) is 0 Å². The minimum absolute atomic E-state index is 0.0465. The van der Waals surface area contributed by atoms with E-state index in [1.54, 1.807) is 4.90 Å². The second-order valence-electron chi connectivity index (χ2n) is 28.4. The van der Waals surface area contributed by atoms with Crippen LogP contribution in [0.15, 0.2) is 132 Å². The number of fused-ring (bicyclic) bond motifs is 2. The van der Waals surface area contributed by atoms with E-state index in [0.29, 0.717) is 56.0 Å². The van der Waals surface area contributed by atoms with Crippen LogP contribution in [0.1, 0.15) is 165 Å². The third-order valence-corrected chi connectivity index (χ3v) is 19.7. The maximum Gasteiger partial charge on any atom is 0.410 e. The number of ether oxygens (including phenoxy) is 1. The van der Waals surface area contributed by atoms with E-state index in [4.69, 9.17) is 4.74 Å². The second kappa shape index (κ2) is 27.2. The number of pyridine rings is 6. The van der Waals surface area contributed by atoms with Crippen LogP contribution in [0.3, 0.4) is 0 Å². The zero-order chi connectivity index (χ0) is 64.7. The van der Waals surface area contributed by atoms with Crippen molar-refractivity contribution in [1.82, 2.24) is 49.1 Å². The molecule has 6 fully saturated rings. The van der Waals surface area contributed by atoms with Gasteiger partial charge in [0.15, 0.2) is 10.9 Å². The van der Waals surface area contributed by atoms with Crippen molar-refractivity contribution in [2.24, 2.45) is 0 Å². The van der Waals surface area contributed by atoms with E-state index in [9.17, 15) is 24.6 Å². The fraction of sp³-hybridized carbons (Fsp3) is 0.480. The number of aromatic nitrogens is 6. The van der Waals surface area contributed by atoms with Gasteiger partial charge in [0, 0.05) is 159 Å². The van der Waals surface area contributed by atoms with Gasteiger partial charge in [-0.3, -0.25) is 44.2 Å². The van der Waals surface area contributed by atoms with E-state index in [2.05, 4.69) is 133 Å². The highest BCUT2D eigenvalue weighted by molar-refractivity contribution is 5.82. The molecule has 6 aromatic heterocycles. The first-order valence-electron chi connectivity index (χ1n) is 33.9. The van der Waals surface area contributed by atoms with Crippen LogP contribution in [-0.4, -0.2) is 129 Å². The van der Waals surface area contributed by atoms with E-state index >= 15 is 0 Å². The fourth-order valence-electron chi connectivity index (χ4n) is 14.6. The number of nitrogens with one attached hydrogen (secondary N) is 1. The van der Waals surface area contributed by atoms with Gasteiger partial charge in [0.25, 0.3) is 0 Å². The number of hydrogen-bond acceptors (Lipinski definition) is 15. The quantitative estimate of drug-likeness (QED) is 0.0827. The van der Waals surface area contributed by atoms with Crippen molar-refractivity contribution >= 4 is 39.3 Å². The van der Waals surface area contributed by atoms with Gasteiger partial charge < -0.3 is 39.2 Å². The average molecular weight is 1260 g/mol. The average Bonchev–Trinajstić information content (AvgIpc) is 1.75. The van der Waals surface area contributed by atoms with E-state index in [0.717, 1.165) is 163 Å². The number of piperidine rings is 2. The molecule has 0 radical (unpaired) electrons. The van der Waals surface area contributed by atoms with Crippen molar-refractivity contribution in [2.75, 3.05) is 49.1 Å². The number of rotatable bonds is 16. The first-order valence-corrected chi connectivity index (χ1v) is 33.9. The van der Waals surface area contributed by atoms with Crippen LogP contribution < -0.4 is 26.0 Å². The lowest BCUT2D eigenvalue weighted by Gasteiger charge is -2.40. The largest absolute Gasteiger partial charge is 0.444 e. The molecule has 18 heteroatoms. The number of aliphatic hydroxyl groups excluding tert-OH is 2. The molecule has 14 rings (SSSR count). The van der Waals surface area contributed by atoms with Gasteiger partial charge in [-0.05, 0) is 208 Å². The molecule has 0 bridgehead atoms. The Labute approximate surface area is 546 Å². The van der Waals surface area contributed by atoms with Crippen LogP contribution >= 0.6 is 0 Å². The highest BCUT2D eigenvalue weighted by atomic mass is 16.6. The minimum atomic E-state index is -0.640. The zero-order valence-corrected chi connectivity index (χ0v) is 55.3. The third-order valence-electron chi connectivity index (χ3n) is 19.7. The van der Waals surface area contributed by atoms with Crippen LogP contribution in [0.5, 0.6) is 0 Å². The molecule has 10 heterocycles. The second-order valence-corrected chi connectivity index (χ2v) is 28.4. The van der Waals surface area contributed by atoms with Gasteiger partial charge in [0.1, 0.15) is 5.60 Å². The topological polar surface area (TPSA) is 191 Å². The van der Waals surface area contributed by atoms with E-state index in [1.807, 2.05) is 91.5 Å². The molecule has 4 aliphatic heterocycles. The van der Waals surface area contributed by atoms with Crippen molar-refractivity contribution in [3.05, 3.63) is 199 Å². The van der Waals surface area contributed by atoms with E-state index in [-0.39, 0.29) is 41.6 Å². The van der Waals surface area contributed by atoms with Crippen LogP contribution in [-0.2, 0) is 30.9 Å². The van der Waals surface area contributed by atoms with Gasteiger partial charge >= 0.3 is 6.09 Å². The number of β-amino-alcohol motifs (C(OH)–C–C–N with tert-alkyl or cyclic N) is 2. The van der Waals surface area contributed by atoms with Gasteiger partial charge in [-0.25, -0.2) is 4.79 Å². The number of carbonyl (C=O) groups is 1. The number of amides is 1. The SMILES string of the molecule is Cc1ccc(N2CCC[C@H](N(Cc3ccnc(C)c3)Cc3cn(C4CC4)c4cc(C5C[C@@H](O)CN5)ccc4c3=O)C2)cn1.Cc1ccc(N2CCC[C@H](N(Cc3ccnc(C)c3)Cc3cn(C4CC4)c4cc(C5C[C@@H](O)CN5C(=O)OC(C)(C)C)ccc4c3=O)C2)cn1. The maximum absolute atomic E-state index is 14.4. The standard InChI is InChI=1S/C40H50N6O4.C35H42N6O2/c1-26-8-10-32(20-42-26)43-16-6-7-33(24-43)44(21-28-14-15-41-27(2)17-28)22-30-23-45(31-11-12-31)37-18-29(9-13-35(37)38(30)48)36-19-34(47)25-46(36)39(49)50-40(3,4)5;1-23-5-7-29(17-37-23)39-13-3-4-30(22-39)40(19-25-11-12-36-24(2)14-25)20-27-21-41(28-8-9-28)34-15-26(6-10-32(34)35(27)43)33-16-31(42)18-38-33/h8-10,13-15,17-18,20,23,31,33-34,36,47H,6-7,11-12,16,19,21-22,24-25H2,1-5H3;5-7,10-12,14-15,17,21,28,30-31,33,38,42H,3-4,8-9,13,16,18-20,22H2,1-2H3/t33-,34+,36?;30-,31+,33?/m00/s1. The summed E-state index contributed by atoms with van der Waals surface area (Å²) in [5.41, 5.74) is 13.9. The summed E-state index contributed by atoms with van der Waals surface area (Å²) in [6.07, 6.45) is 20.4. The van der Waals surface area contributed by atoms with Gasteiger partial charge in [-0.1, -0.05) is 12.1 Å². The van der Waals surface area contributed by atoms with Crippen LogP contribution in [0, 0.1) is 27.7 Å². The lowest BCUT2D eigenvalue weighted by Crippen LogP contribution is -2.48. The monoisotopic (exact) mass is 1260 g/mol. The minimum Gasteiger partial charge on any atom is -0.444 e. The van der Waals surface area contributed by atoms with Crippen LogP contribution in [0.2, 0.25) is 0 Å². The molecule has 6 aliphatic rings. The van der Waals surface area contributed by atoms with E-state index in [1.165, 1.54) is 11.1 Å². The molecule has 6 atom stereocenters. The summed E-state index contributed by atoms with van der Waals surface area (Å²) >= 11 is 0. The number of hydrogen-bond donors (Lipinski definition) is 3. The fourth-order valence-corrected chi connectivity index (χ4v) is 14.6. The first-order chi connectivity index (χ1) is 44.8. The normalized spacial score (nSPS) is 21.9. The Hall–Kier alpha value is -7.87. The summed E-state index contributed by atoms with van der Waals surface area (Å²) in [6, 6.07) is 30.3.